The fraction of sp³-hybridized carbons (Fsp3) is 1.00. The fourth-order valence-corrected chi connectivity index (χ4v) is 0.667. The third-order valence-electron chi connectivity index (χ3n) is 0.924. The number of nitrogens with two attached hydrogens (primary N) is 1. The molecule has 1 atom stereocenters. The van der Waals surface area contributed by atoms with E-state index >= 15 is 0 Å². The van der Waals surface area contributed by atoms with Crippen LogP contribution in [0.4, 0.5) is 0 Å². The minimum Gasteiger partial charge on any atom is -0.759 e. The van der Waals surface area contributed by atoms with Crippen molar-refractivity contribution in [3.8, 4) is 0 Å². The molecule has 2 N–H and O–H groups in total. The second-order valence-electron chi connectivity index (χ2n) is 1.71. The van der Waals surface area contributed by atoms with E-state index in [1.807, 2.05) is 6.92 Å². The van der Waals surface area contributed by atoms with Crippen molar-refractivity contribution >= 4 is 11.3 Å². The molecule has 1 unspecified atom stereocenters. The van der Waals surface area contributed by atoms with Crippen LogP contribution in [0.25, 0.3) is 0 Å². The zero-order chi connectivity index (χ0) is 7.28. The van der Waals surface area contributed by atoms with E-state index in [0.29, 0.717) is 6.54 Å². The van der Waals surface area contributed by atoms with Crippen molar-refractivity contribution in [3.05, 3.63) is 0 Å². The largest absolute Gasteiger partial charge is 0.759 e. The van der Waals surface area contributed by atoms with Crippen molar-refractivity contribution < 1.29 is 8.76 Å². The third-order valence-corrected chi connectivity index (χ3v) is 1.49. The lowest BCUT2D eigenvalue weighted by atomic mass is 10.3. The SMILES string of the molecule is CCCCN(N)S(=O)[O-]. The summed E-state index contributed by atoms with van der Waals surface area (Å²) in [5.41, 5.74) is 0. The van der Waals surface area contributed by atoms with Crippen molar-refractivity contribution in [2.75, 3.05) is 6.54 Å². The summed E-state index contributed by atoms with van der Waals surface area (Å²) in [6, 6.07) is 0. The molecule has 0 radical (unpaired) electrons. The molecule has 0 bridgehead atoms. The molecule has 0 saturated heterocycles. The van der Waals surface area contributed by atoms with E-state index < -0.39 is 11.3 Å². The van der Waals surface area contributed by atoms with Crippen LogP contribution in [0.3, 0.4) is 0 Å². The van der Waals surface area contributed by atoms with E-state index in [1.54, 1.807) is 0 Å². The van der Waals surface area contributed by atoms with E-state index in [9.17, 15) is 8.76 Å². The Balaban J connectivity index is 3.27. The van der Waals surface area contributed by atoms with Crippen molar-refractivity contribution in [1.82, 2.24) is 4.41 Å². The van der Waals surface area contributed by atoms with Gasteiger partial charge in [0.25, 0.3) is 0 Å². The highest BCUT2D eigenvalue weighted by Gasteiger charge is 1.94. The Morgan fingerprint density at radius 1 is 1.78 bits per heavy atom. The van der Waals surface area contributed by atoms with Gasteiger partial charge in [0, 0.05) is 17.8 Å². The molecule has 9 heavy (non-hydrogen) atoms. The van der Waals surface area contributed by atoms with Gasteiger partial charge in [0.1, 0.15) is 0 Å². The van der Waals surface area contributed by atoms with Gasteiger partial charge >= 0.3 is 0 Å². The Labute approximate surface area is 57.4 Å². The van der Waals surface area contributed by atoms with E-state index in [2.05, 4.69) is 0 Å². The lowest BCUT2D eigenvalue weighted by Gasteiger charge is -2.17. The molecule has 0 rings (SSSR count). The summed E-state index contributed by atoms with van der Waals surface area (Å²) in [7, 11) is 0. The van der Waals surface area contributed by atoms with Gasteiger partial charge in [0.2, 0.25) is 0 Å². The average Bonchev–Trinajstić information content (AvgIpc) is 1.82. The van der Waals surface area contributed by atoms with Gasteiger partial charge in [0.15, 0.2) is 0 Å². The summed E-state index contributed by atoms with van der Waals surface area (Å²) in [4.78, 5) is 0. The van der Waals surface area contributed by atoms with E-state index in [1.165, 1.54) is 0 Å². The molecular weight excluding hydrogens is 140 g/mol. The zero-order valence-corrected chi connectivity index (χ0v) is 6.19. The molecule has 5 heteroatoms. The molecule has 0 aliphatic carbocycles. The van der Waals surface area contributed by atoms with Crippen LogP contribution in [0.2, 0.25) is 0 Å². The number of hydrogen-bond acceptors (Lipinski definition) is 3. The Morgan fingerprint density at radius 2 is 2.33 bits per heavy atom. The zero-order valence-electron chi connectivity index (χ0n) is 5.37. The van der Waals surface area contributed by atoms with Crippen LogP contribution in [-0.4, -0.2) is 19.7 Å². The molecule has 0 amide bonds. The van der Waals surface area contributed by atoms with Gasteiger partial charge in [0.05, 0.1) is 0 Å². The average molecular weight is 151 g/mol. The Morgan fingerprint density at radius 3 is 2.67 bits per heavy atom. The summed E-state index contributed by atoms with van der Waals surface area (Å²) in [6.07, 6.45) is 1.76. The monoisotopic (exact) mass is 151 g/mol. The second kappa shape index (κ2) is 4.87. The highest BCUT2D eigenvalue weighted by molar-refractivity contribution is 7.76. The van der Waals surface area contributed by atoms with Gasteiger partial charge in [-0.25, -0.2) is 0 Å². The molecule has 0 aliphatic rings. The highest BCUT2D eigenvalue weighted by atomic mass is 32.2. The first-order valence-corrected chi connectivity index (χ1v) is 3.83. The first-order valence-electron chi connectivity index (χ1n) is 2.80. The lowest BCUT2D eigenvalue weighted by Crippen LogP contribution is -2.33. The van der Waals surface area contributed by atoms with E-state index in [0.717, 1.165) is 17.3 Å². The van der Waals surface area contributed by atoms with Gasteiger partial charge in [-0.15, -0.1) is 0 Å². The predicted molar refractivity (Wildman–Crippen MR) is 34.7 cm³/mol. The third kappa shape index (κ3) is 4.53. The van der Waals surface area contributed by atoms with Crippen molar-refractivity contribution in [2.24, 2.45) is 5.84 Å². The van der Waals surface area contributed by atoms with E-state index in [4.69, 9.17) is 5.84 Å². The molecule has 0 saturated carbocycles. The first-order chi connectivity index (χ1) is 4.18. The maximum absolute atomic E-state index is 10.0. The fourth-order valence-electron chi connectivity index (χ4n) is 0.388. The van der Waals surface area contributed by atoms with E-state index in [-0.39, 0.29) is 0 Å². The summed E-state index contributed by atoms with van der Waals surface area (Å²) in [5.74, 6) is 5.02. The molecular formula is C4H11N2O2S-. The number of rotatable bonds is 4. The van der Waals surface area contributed by atoms with Gasteiger partial charge in [-0.1, -0.05) is 13.3 Å². The minimum absolute atomic E-state index is 0.409. The smallest absolute Gasteiger partial charge is 0.0350 e. The number of unbranched alkanes of at least 4 members (excludes halogenated alkanes) is 1. The molecule has 0 aromatic carbocycles. The molecule has 4 nitrogen and oxygen atoms in total. The minimum atomic E-state index is -2.25. The quantitative estimate of drug-likeness (QED) is 0.342. The standard InChI is InChI=1S/C4H12N2O2S/c1-2-3-4-6(5)9(7)8/h2-5H2,1H3,(H,7,8)/p-1. The second-order valence-corrected chi connectivity index (χ2v) is 2.61. The van der Waals surface area contributed by atoms with Crippen LogP contribution >= 0.6 is 0 Å². The van der Waals surface area contributed by atoms with Crippen LogP contribution in [0.1, 0.15) is 19.8 Å². The van der Waals surface area contributed by atoms with Crippen LogP contribution in [-0.2, 0) is 11.3 Å². The van der Waals surface area contributed by atoms with Crippen LogP contribution < -0.4 is 5.84 Å². The number of hydrazine groups is 1. The molecule has 56 valence electrons. The summed E-state index contributed by atoms with van der Waals surface area (Å²) >= 11 is -2.25. The van der Waals surface area contributed by atoms with Crippen molar-refractivity contribution in [2.45, 2.75) is 19.8 Å². The number of hydrogen-bond donors (Lipinski definition) is 1. The Bertz CT molecular complexity index is 98.6. The van der Waals surface area contributed by atoms with Crippen molar-refractivity contribution in [3.63, 3.8) is 0 Å². The highest BCUT2D eigenvalue weighted by Crippen LogP contribution is 1.89. The molecule has 0 aromatic rings. The molecule has 0 fully saturated rings. The van der Waals surface area contributed by atoms with Crippen LogP contribution in [0.15, 0.2) is 0 Å². The molecule has 0 aliphatic heterocycles. The van der Waals surface area contributed by atoms with Crippen LogP contribution in [0, 0.1) is 0 Å². The molecule has 0 aromatic heterocycles. The topological polar surface area (TPSA) is 69.4 Å². The summed E-state index contributed by atoms with van der Waals surface area (Å²) < 4.78 is 20.8. The van der Waals surface area contributed by atoms with Crippen LogP contribution in [0.5, 0.6) is 0 Å². The maximum Gasteiger partial charge on any atom is 0.0350 e. The summed E-state index contributed by atoms with van der Waals surface area (Å²) in [6.45, 7) is 2.38. The Kier molecular flexibility index (Phi) is 4.88. The van der Waals surface area contributed by atoms with Gasteiger partial charge < -0.3 is 4.55 Å². The predicted octanol–water partition coefficient (Wildman–Crippen LogP) is -0.244. The maximum atomic E-state index is 10.0. The Hall–Kier alpha value is 0.0300. The number of nitrogens with zero attached hydrogens (tertiary/aromatic N) is 1. The van der Waals surface area contributed by atoms with Gasteiger partial charge in [-0.05, 0) is 6.42 Å². The molecule has 0 heterocycles. The normalized spacial score (nSPS) is 14.2. The first kappa shape index (κ1) is 9.03. The van der Waals surface area contributed by atoms with Gasteiger partial charge in [-0.3, -0.25) is 10.1 Å². The van der Waals surface area contributed by atoms with Crippen molar-refractivity contribution in [1.29, 1.82) is 0 Å². The summed E-state index contributed by atoms with van der Waals surface area (Å²) in [5, 5.41) is 0. The lowest BCUT2D eigenvalue weighted by molar-refractivity contribution is 0.392. The molecule has 0 spiro atoms. The van der Waals surface area contributed by atoms with Gasteiger partial charge in [-0.2, -0.15) is 4.41 Å².